The second-order valence-electron chi connectivity index (χ2n) is 5.80. The summed E-state index contributed by atoms with van der Waals surface area (Å²) in [5.41, 5.74) is 2.05. The molecule has 2 aromatic carbocycles. The quantitative estimate of drug-likeness (QED) is 0.882. The molecule has 0 aliphatic carbocycles. The fourth-order valence-electron chi connectivity index (χ4n) is 2.26. The number of hydrogen-bond acceptors (Lipinski definition) is 1. The van der Waals surface area contributed by atoms with Gasteiger partial charge in [0.05, 0.1) is 5.92 Å². The van der Waals surface area contributed by atoms with Crippen LogP contribution in [-0.2, 0) is 4.79 Å². The van der Waals surface area contributed by atoms with E-state index in [0.29, 0.717) is 5.92 Å². The summed E-state index contributed by atoms with van der Waals surface area (Å²) in [6, 6.07) is 20.1. The number of carbonyl (C=O) groups is 1. The van der Waals surface area contributed by atoms with Gasteiger partial charge in [-0.2, -0.15) is 0 Å². The smallest absolute Gasteiger partial charge is 0.232 e. The third-order valence-corrected chi connectivity index (χ3v) is 3.90. The fraction of sp³-hybridized carbons (Fsp3) is 0.316. The van der Waals surface area contributed by atoms with E-state index < -0.39 is 0 Å². The molecule has 2 rings (SSSR count). The highest BCUT2D eigenvalue weighted by atomic mass is 16.1. The van der Waals surface area contributed by atoms with Crippen LogP contribution in [0.2, 0.25) is 0 Å². The van der Waals surface area contributed by atoms with Gasteiger partial charge in [-0.25, -0.2) is 0 Å². The van der Waals surface area contributed by atoms with Gasteiger partial charge in [-0.3, -0.25) is 4.79 Å². The van der Waals surface area contributed by atoms with Crippen LogP contribution in [0.3, 0.4) is 0 Å². The van der Waals surface area contributed by atoms with Crippen molar-refractivity contribution >= 4 is 5.91 Å². The molecule has 2 aromatic rings. The Morgan fingerprint density at radius 1 is 0.810 bits per heavy atom. The van der Waals surface area contributed by atoms with Crippen LogP contribution in [-0.4, -0.2) is 11.9 Å². The molecule has 0 fully saturated rings. The zero-order chi connectivity index (χ0) is 15.2. The summed E-state index contributed by atoms with van der Waals surface area (Å²) >= 11 is 0. The molecule has 0 saturated heterocycles. The van der Waals surface area contributed by atoms with Crippen molar-refractivity contribution in [2.45, 2.75) is 32.7 Å². The molecule has 2 heteroatoms. The van der Waals surface area contributed by atoms with Crippen LogP contribution in [0, 0.1) is 5.92 Å². The normalized spacial score (nSPS) is 12.4. The summed E-state index contributed by atoms with van der Waals surface area (Å²) in [5, 5.41) is 3.14. The number of nitrogens with one attached hydrogen (secondary N) is 1. The van der Waals surface area contributed by atoms with E-state index in [9.17, 15) is 4.79 Å². The topological polar surface area (TPSA) is 29.1 Å². The molecule has 0 radical (unpaired) electrons. The standard InChI is InChI=1S/C19H23NO/c1-14(2)15(3)20-19(21)18(16-10-6-4-7-11-16)17-12-8-5-9-13-17/h4-15,18H,1-3H3,(H,20,21)/t15-/m0/s1. The van der Waals surface area contributed by atoms with E-state index in [2.05, 4.69) is 26.1 Å². The third-order valence-electron chi connectivity index (χ3n) is 3.90. The van der Waals surface area contributed by atoms with E-state index in [0.717, 1.165) is 11.1 Å². The van der Waals surface area contributed by atoms with Gasteiger partial charge >= 0.3 is 0 Å². The van der Waals surface area contributed by atoms with Crippen molar-refractivity contribution in [3.63, 3.8) is 0 Å². The predicted molar refractivity (Wildman–Crippen MR) is 87.2 cm³/mol. The molecule has 110 valence electrons. The SMILES string of the molecule is CC(C)[C@H](C)NC(=O)C(c1ccccc1)c1ccccc1. The molecule has 0 saturated carbocycles. The summed E-state index contributed by atoms with van der Waals surface area (Å²) in [6.45, 7) is 6.28. The first-order chi connectivity index (χ1) is 10.1. The van der Waals surface area contributed by atoms with Gasteiger partial charge in [0.1, 0.15) is 0 Å². The highest BCUT2D eigenvalue weighted by molar-refractivity contribution is 5.87. The van der Waals surface area contributed by atoms with Crippen LogP contribution in [0.1, 0.15) is 37.8 Å². The largest absolute Gasteiger partial charge is 0.353 e. The summed E-state index contributed by atoms with van der Waals surface area (Å²) in [7, 11) is 0. The Morgan fingerprint density at radius 2 is 1.24 bits per heavy atom. The van der Waals surface area contributed by atoms with Crippen LogP contribution in [0.4, 0.5) is 0 Å². The van der Waals surface area contributed by atoms with Crippen molar-refractivity contribution in [2.75, 3.05) is 0 Å². The Hall–Kier alpha value is -2.09. The minimum absolute atomic E-state index is 0.0635. The number of amides is 1. The van der Waals surface area contributed by atoms with Crippen molar-refractivity contribution in [2.24, 2.45) is 5.92 Å². The third kappa shape index (κ3) is 3.94. The maximum Gasteiger partial charge on any atom is 0.232 e. The lowest BCUT2D eigenvalue weighted by atomic mass is 9.90. The monoisotopic (exact) mass is 281 g/mol. The summed E-state index contributed by atoms with van der Waals surface area (Å²) in [4.78, 5) is 12.7. The van der Waals surface area contributed by atoms with Crippen molar-refractivity contribution < 1.29 is 4.79 Å². The molecule has 0 unspecified atom stereocenters. The average Bonchev–Trinajstić information content (AvgIpc) is 2.49. The highest BCUT2D eigenvalue weighted by Gasteiger charge is 2.24. The molecule has 21 heavy (non-hydrogen) atoms. The lowest BCUT2D eigenvalue weighted by Gasteiger charge is -2.23. The van der Waals surface area contributed by atoms with Gasteiger partial charge in [0.15, 0.2) is 0 Å². The van der Waals surface area contributed by atoms with Crippen molar-refractivity contribution in [3.8, 4) is 0 Å². The van der Waals surface area contributed by atoms with Gasteiger partial charge in [0.25, 0.3) is 0 Å². The molecule has 1 amide bonds. The molecular weight excluding hydrogens is 258 g/mol. The number of carbonyl (C=O) groups excluding carboxylic acids is 1. The van der Waals surface area contributed by atoms with Crippen LogP contribution in [0.25, 0.3) is 0 Å². The Kier molecular flexibility index (Phi) is 5.15. The Morgan fingerprint density at radius 3 is 1.62 bits per heavy atom. The molecule has 2 nitrogen and oxygen atoms in total. The van der Waals surface area contributed by atoms with Crippen LogP contribution in [0.5, 0.6) is 0 Å². The van der Waals surface area contributed by atoms with Crippen LogP contribution < -0.4 is 5.32 Å². The first-order valence-electron chi connectivity index (χ1n) is 7.50. The first-order valence-corrected chi connectivity index (χ1v) is 7.50. The zero-order valence-corrected chi connectivity index (χ0v) is 12.9. The van der Waals surface area contributed by atoms with E-state index in [1.54, 1.807) is 0 Å². The second-order valence-corrected chi connectivity index (χ2v) is 5.80. The second kappa shape index (κ2) is 7.07. The van der Waals surface area contributed by atoms with E-state index >= 15 is 0 Å². The van der Waals surface area contributed by atoms with Crippen molar-refractivity contribution in [1.82, 2.24) is 5.32 Å². The number of rotatable bonds is 5. The van der Waals surface area contributed by atoms with Crippen molar-refractivity contribution in [1.29, 1.82) is 0 Å². The Balaban J connectivity index is 2.31. The van der Waals surface area contributed by atoms with E-state index in [4.69, 9.17) is 0 Å². The van der Waals surface area contributed by atoms with Gasteiger partial charge in [0.2, 0.25) is 5.91 Å². The van der Waals surface area contributed by atoms with E-state index in [1.165, 1.54) is 0 Å². The molecule has 0 bridgehead atoms. The maximum atomic E-state index is 12.7. The zero-order valence-electron chi connectivity index (χ0n) is 12.9. The maximum absolute atomic E-state index is 12.7. The van der Waals surface area contributed by atoms with Crippen molar-refractivity contribution in [3.05, 3.63) is 71.8 Å². The lowest BCUT2D eigenvalue weighted by Crippen LogP contribution is -2.39. The predicted octanol–water partition coefficient (Wildman–Crippen LogP) is 3.98. The Labute approximate surface area is 127 Å². The van der Waals surface area contributed by atoms with Crippen LogP contribution in [0.15, 0.2) is 60.7 Å². The van der Waals surface area contributed by atoms with Gasteiger partial charge < -0.3 is 5.32 Å². The lowest BCUT2D eigenvalue weighted by molar-refractivity contribution is -0.122. The average molecular weight is 281 g/mol. The van der Waals surface area contributed by atoms with E-state index in [1.807, 2.05) is 60.7 Å². The molecule has 0 aliphatic heterocycles. The number of hydrogen-bond donors (Lipinski definition) is 1. The fourth-order valence-corrected chi connectivity index (χ4v) is 2.26. The first kappa shape index (κ1) is 15.3. The highest BCUT2D eigenvalue weighted by Crippen LogP contribution is 2.25. The molecule has 1 atom stereocenters. The minimum atomic E-state index is -0.256. The van der Waals surface area contributed by atoms with E-state index in [-0.39, 0.29) is 17.9 Å². The Bertz CT molecular complexity index is 523. The molecule has 0 aliphatic rings. The summed E-state index contributed by atoms with van der Waals surface area (Å²) in [5.74, 6) is 0.225. The summed E-state index contributed by atoms with van der Waals surface area (Å²) < 4.78 is 0. The molecule has 0 aromatic heterocycles. The van der Waals surface area contributed by atoms with Gasteiger partial charge in [0, 0.05) is 6.04 Å². The molecular formula is C19H23NO. The number of benzene rings is 2. The van der Waals surface area contributed by atoms with Gasteiger partial charge in [-0.1, -0.05) is 74.5 Å². The molecule has 0 heterocycles. The molecule has 1 N–H and O–H groups in total. The minimum Gasteiger partial charge on any atom is -0.353 e. The summed E-state index contributed by atoms with van der Waals surface area (Å²) in [6.07, 6.45) is 0. The van der Waals surface area contributed by atoms with Gasteiger partial charge in [-0.15, -0.1) is 0 Å². The van der Waals surface area contributed by atoms with Crippen LogP contribution >= 0.6 is 0 Å². The van der Waals surface area contributed by atoms with Gasteiger partial charge in [-0.05, 0) is 24.0 Å². The molecule has 0 spiro atoms.